The summed E-state index contributed by atoms with van der Waals surface area (Å²) in [7, 11) is 0. The number of nitrogens with two attached hydrogens (primary N) is 1. The van der Waals surface area contributed by atoms with Crippen LogP contribution in [-0.2, 0) is 0 Å². The van der Waals surface area contributed by atoms with Crippen LogP contribution in [0.15, 0.2) is 18.2 Å². The number of halogens is 2. The van der Waals surface area contributed by atoms with Gasteiger partial charge in [0.25, 0.3) is 0 Å². The normalized spacial score (nSPS) is 12.0. The zero-order chi connectivity index (χ0) is 11.4. The molecule has 0 aliphatic heterocycles. The maximum atomic E-state index is 11.0. The third-order valence-electron chi connectivity index (χ3n) is 1.91. The fourth-order valence-electron chi connectivity index (χ4n) is 1.17. The topological polar surface area (TPSA) is 67.2 Å². The number of benzene rings is 1. The molecule has 2 amide bonds. The van der Waals surface area contributed by atoms with E-state index in [2.05, 4.69) is 5.32 Å². The Labute approximate surface area is 97.7 Å². The monoisotopic (exact) mass is 247 g/mol. The fourth-order valence-corrected chi connectivity index (χ4v) is 1.74. The Hall–Kier alpha value is -0.970. The highest BCUT2D eigenvalue weighted by Gasteiger charge is 2.11. The molecule has 4 N–H and O–H groups in total. The summed E-state index contributed by atoms with van der Waals surface area (Å²) in [6.45, 7) is 1.80. The highest BCUT2D eigenvalue weighted by atomic mass is 35.5. The summed E-state index contributed by atoms with van der Waals surface area (Å²) in [6.07, 6.45) is 0. The molecule has 1 unspecified atom stereocenters. The number of rotatable bonds is 2. The van der Waals surface area contributed by atoms with Crippen LogP contribution < -0.4 is 16.6 Å². The summed E-state index contributed by atoms with van der Waals surface area (Å²) in [5.74, 6) is 4.94. The molecule has 0 fully saturated rings. The van der Waals surface area contributed by atoms with Gasteiger partial charge < -0.3 is 5.32 Å². The first kappa shape index (κ1) is 12.1. The van der Waals surface area contributed by atoms with Gasteiger partial charge in [0.05, 0.1) is 6.04 Å². The number of hydrogen-bond acceptors (Lipinski definition) is 2. The molecule has 0 aromatic heterocycles. The molecule has 0 aliphatic carbocycles. The lowest BCUT2D eigenvalue weighted by atomic mass is 10.1. The lowest BCUT2D eigenvalue weighted by Crippen LogP contribution is -2.41. The smallest absolute Gasteiger partial charge is 0.329 e. The van der Waals surface area contributed by atoms with Crippen LogP contribution in [0.1, 0.15) is 18.5 Å². The fraction of sp³-hybridized carbons (Fsp3) is 0.222. The molecular formula is C9H11Cl2N3O. The maximum absolute atomic E-state index is 11.0. The van der Waals surface area contributed by atoms with E-state index in [4.69, 9.17) is 29.0 Å². The molecule has 4 nitrogen and oxygen atoms in total. The Bertz CT molecular complexity index is 370. The molecule has 0 spiro atoms. The molecule has 15 heavy (non-hydrogen) atoms. The van der Waals surface area contributed by atoms with Gasteiger partial charge in [0.15, 0.2) is 0 Å². The highest BCUT2D eigenvalue weighted by Crippen LogP contribution is 2.25. The van der Waals surface area contributed by atoms with E-state index in [-0.39, 0.29) is 6.04 Å². The zero-order valence-electron chi connectivity index (χ0n) is 8.05. The van der Waals surface area contributed by atoms with Gasteiger partial charge in [-0.2, -0.15) is 0 Å². The molecule has 6 heteroatoms. The van der Waals surface area contributed by atoms with E-state index in [0.29, 0.717) is 10.0 Å². The van der Waals surface area contributed by atoms with Crippen molar-refractivity contribution in [2.75, 3.05) is 0 Å². The molecule has 1 aromatic rings. The first-order chi connectivity index (χ1) is 7.04. The number of carbonyl (C=O) groups excluding carboxylic acids is 1. The number of urea groups is 1. The van der Waals surface area contributed by atoms with Crippen molar-refractivity contribution in [2.24, 2.45) is 5.84 Å². The van der Waals surface area contributed by atoms with Crippen LogP contribution in [0.25, 0.3) is 0 Å². The van der Waals surface area contributed by atoms with Crippen molar-refractivity contribution in [1.82, 2.24) is 10.7 Å². The Balaban J connectivity index is 2.82. The van der Waals surface area contributed by atoms with Crippen LogP contribution in [-0.4, -0.2) is 6.03 Å². The Morgan fingerprint density at radius 1 is 1.47 bits per heavy atom. The summed E-state index contributed by atoms with van der Waals surface area (Å²) in [4.78, 5) is 11.0. The third-order valence-corrected chi connectivity index (χ3v) is 2.47. The molecular weight excluding hydrogens is 237 g/mol. The van der Waals surface area contributed by atoms with Crippen molar-refractivity contribution in [3.8, 4) is 0 Å². The van der Waals surface area contributed by atoms with Gasteiger partial charge in [-0.3, -0.25) is 5.43 Å². The predicted molar refractivity (Wildman–Crippen MR) is 60.7 cm³/mol. The van der Waals surface area contributed by atoms with Gasteiger partial charge in [0.1, 0.15) is 0 Å². The third kappa shape index (κ3) is 3.27. The molecule has 0 saturated heterocycles. The van der Waals surface area contributed by atoms with Crippen molar-refractivity contribution in [2.45, 2.75) is 13.0 Å². The highest BCUT2D eigenvalue weighted by molar-refractivity contribution is 6.35. The van der Waals surface area contributed by atoms with Gasteiger partial charge in [0, 0.05) is 10.0 Å². The molecule has 0 saturated carbocycles. The summed E-state index contributed by atoms with van der Waals surface area (Å²) >= 11 is 11.7. The minimum Gasteiger partial charge on any atom is -0.330 e. The summed E-state index contributed by atoms with van der Waals surface area (Å²) < 4.78 is 0. The van der Waals surface area contributed by atoms with Gasteiger partial charge in [-0.15, -0.1) is 0 Å². The van der Waals surface area contributed by atoms with E-state index in [1.165, 1.54) is 0 Å². The van der Waals surface area contributed by atoms with Crippen molar-refractivity contribution in [3.63, 3.8) is 0 Å². The standard InChI is InChI=1S/C9H11Cl2N3O/c1-5(13-9(15)14-12)7-3-2-6(10)4-8(7)11/h2-5H,12H2,1H3,(H2,13,14,15). The van der Waals surface area contributed by atoms with Crippen LogP contribution in [0, 0.1) is 0 Å². The second-order valence-electron chi connectivity index (χ2n) is 3.01. The van der Waals surface area contributed by atoms with Crippen LogP contribution in [0.3, 0.4) is 0 Å². The summed E-state index contributed by atoms with van der Waals surface area (Å²) in [5.41, 5.74) is 2.76. The minimum atomic E-state index is -0.464. The van der Waals surface area contributed by atoms with E-state index in [9.17, 15) is 4.79 Å². The number of hydrogen-bond donors (Lipinski definition) is 3. The van der Waals surface area contributed by atoms with Crippen LogP contribution in [0.2, 0.25) is 10.0 Å². The van der Waals surface area contributed by atoms with Crippen molar-refractivity contribution in [3.05, 3.63) is 33.8 Å². The molecule has 0 aliphatic rings. The SMILES string of the molecule is CC(NC(=O)NN)c1ccc(Cl)cc1Cl. The van der Waals surface area contributed by atoms with Crippen molar-refractivity contribution >= 4 is 29.2 Å². The molecule has 1 atom stereocenters. The van der Waals surface area contributed by atoms with Crippen LogP contribution in [0.4, 0.5) is 4.79 Å². The molecule has 0 radical (unpaired) electrons. The second kappa shape index (κ2) is 5.21. The number of nitrogens with one attached hydrogen (secondary N) is 2. The first-order valence-corrected chi connectivity index (χ1v) is 5.02. The number of carbonyl (C=O) groups is 1. The van der Waals surface area contributed by atoms with Gasteiger partial charge in [-0.25, -0.2) is 10.6 Å². The molecule has 0 heterocycles. The number of hydrazine groups is 1. The first-order valence-electron chi connectivity index (χ1n) is 4.26. The zero-order valence-corrected chi connectivity index (χ0v) is 9.56. The van der Waals surface area contributed by atoms with E-state index in [1.54, 1.807) is 25.1 Å². The summed E-state index contributed by atoms with van der Waals surface area (Å²) in [5, 5.41) is 3.67. The Morgan fingerprint density at radius 3 is 2.67 bits per heavy atom. The molecule has 1 aromatic carbocycles. The Kier molecular flexibility index (Phi) is 4.20. The predicted octanol–water partition coefficient (Wildman–Crippen LogP) is 2.23. The largest absolute Gasteiger partial charge is 0.330 e. The lowest BCUT2D eigenvalue weighted by molar-refractivity contribution is 0.238. The van der Waals surface area contributed by atoms with Crippen LogP contribution in [0.5, 0.6) is 0 Å². The molecule has 0 bridgehead atoms. The summed E-state index contributed by atoms with van der Waals surface area (Å²) in [6, 6.07) is 4.39. The lowest BCUT2D eigenvalue weighted by Gasteiger charge is -2.15. The van der Waals surface area contributed by atoms with Gasteiger partial charge >= 0.3 is 6.03 Å². The average molecular weight is 248 g/mol. The Morgan fingerprint density at radius 2 is 2.13 bits per heavy atom. The van der Waals surface area contributed by atoms with Gasteiger partial charge in [0.2, 0.25) is 0 Å². The van der Waals surface area contributed by atoms with Gasteiger partial charge in [-0.1, -0.05) is 29.3 Å². The maximum Gasteiger partial charge on any atom is 0.329 e. The van der Waals surface area contributed by atoms with Crippen molar-refractivity contribution in [1.29, 1.82) is 0 Å². The van der Waals surface area contributed by atoms with E-state index in [0.717, 1.165) is 5.56 Å². The van der Waals surface area contributed by atoms with Crippen molar-refractivity contribution < 1.29 is 4.79 Å². The minimum absolute atomic E-state index is 0.238. The molecule has 82 valence electrons. The average Bonchev–Trinajstić information content (AvgIpc) is 2.17. The van der Waals surface area contributed by atoms with E-state index in [1.807, 2.05) is 5.43 Å². The van der Waals surface area contributed by atoms with E-state index < -0.39 is 6.03 Å². The van der Waals surface area contributed by atoms with Gasteiger partial charge in [-0.05, 0) is 24.6 Å². The number of amides is 2. The molecule has 1 rings (SSSR count). The van der Waals surface area contributed by atoms with E-state index >= 15 is 0 Å². The quantitative estimate of drug-likeness (QED) is 0.426. The second-order valence-corrected chi connectivity index (χ2v) is 3.85. The van der Waals surface area contributed by atoms with Crippen LogP contribution >= 0.6 is 23.2 Å².